The van der Waals surface area contributed by atoms with E-state index >= 15 is 0 Å². The van der Waals surface area contributed by atoms with Crippen LogP contribution in [-0.4, -0.2) is 56.4 Å². The quantitative estimate of drug-likeness (QED) is 0.883. The predicted octanol–water partition coefficient (Wildman–Crippen LogP) is 2.33. The zero-order chi connectivity index (χ0) is 16.2. The lowest BCUT2D eigenvalue weighted by Crippen LogP contribution is -2.51. The van der Waals surface area contributed by atoms with Crippen molar-refractivity contribution in [3.63, 3.8) is 0 Å². The molecular formula is C16H22ClN3O3. The summed E-state index contributed by atoms with van der Waals surface area (Å²) in [4.78, 5) is 14.6. The first-order valence-corrected chi connectivity index (χ1v) is 8.28. The Balaban J connectivity index is 1.57. The molecule has 0 aliphatic carbocycles. The third-order valence-corrected chi connectivity index (χ3v) is 4.68. The summed E-state index contributed by atoms with van der Waals surface area (Å²) in [6.45, 7) is 3.40. The number of ether oxygens (including phenoxy) is 2. The van der Waals surface area contributed by atoms with Gasteiger partial charge in [-0.25, -0.2) is 4.79 Å². The van der Waals surface area contributed by atoms with Crippen LogP contribution in [0.3, 0.4) is 0 Å². The molecule has 0 bridgehead atoms. The third kappa shape index (κ3) is 3.88. The van der Waals surface area contributed by atoms with E-state index in [1.165, 1.54) is 12.8 Å². The zero-order valence-corrected chi connectivity index (χ0v) is 13.9. The number of anilines is 1. The number of nitrogens with one attached hydrogen (secondary N) is 2. The smallest absolute Gasteiger partial charge is 0.319 e. The van der Waals surface area contributed by atoms with Crippen LogP contribution in [0.1, 0.15) is 12.8 Å². The van der Waals surface area contributed by atoms with E-state index in [0.29, 0.717) is 29.7 Å². The van der Waals surface area contributed by atoms with Crippen LogP contribution in [0.5, 0.6) is 5.75 Å². The summed E-state index contributed by atoms with van der Waals surface area (Å²) < 4.78 is 10.7. The van der Waals surface area contributed by atoms with Crippen LogP contribution in [-0.2, 0) is 4.74 Å². The van der Waals surface area contributed by atoms with Crippen molar-refractivity contribution in [2.75, 3.05) is 38.7 Å². The number of rotatable bonds is 4. The van der Waals surface area contributed by atoms with Gasteiger partial charge in [0.15, 0.2) is 0 Å². The van der Waals surface area contributed by atoms with Crippen molar-refractivity contribution >= 4 is 23.3 Å². The summed E-state index contributed by atoms with van der Waals surface area (Å²) in [6, 6.07) is 5.19. The molecule has 6 nitrogen and oxygen atoms in total. The van der Waals surface area contributed by atoms with Gasteiger partial charge in [-0.1, -0.05) is 11.6 Å². The summed E-state index contributed by atoms with van der Waals surface area (Å²) in [5.74, 6) is 0.580. The molecule has 1 aromatic carbocycles. The first kappa shape index (κ1) is 16.4. The van der Waals surface area contributed by atoms with Gasteiger partial charge in [0.2, 0.25) is 0 Å². The van der Waals surface area contributed by atoms with Gasteiger partial charge in [-0.15, -0.1) is 0 Å². The highest BCUT2D eigenvalue weighted by Gasteiger charge is 2.35. The van der Waals surface area contributed by atoms with Gasteiger partial charge >= 0.3 is 6.03 Å². The monoisotopic (exact) mass is 339 g/mol. The van der Waals surface area contributed by atoms with Crippen molar-refractivity contribution in [1.29, 1.82) is 0 Å². The Hall–Kier alpha value is -1.50. The van der Waals surface area contributed by atoms with E-state index in [9.17, 15) is 4.79 Å². The van der Waals surface area contributed by atoms with E-state index < -0.39 is 0 Å². The number of urea groups is 1. The van der Waals surface area contributed by atoms with Crippen molar-refractivity contribution in [2.45, 2.75) is 24.9 Å². The van der Waals surface area contributed by atoms with E-state index in [0.717, 1.165) is 13.1 Å². The molecular weight excluding hydrogens is 318 g/mol. The SMILES string of the molecule is COc1ccc(NC(=O)NC2COCC2N2CCCC2)cc1Cl. The number of amides is 2. The first-order chi connectivity index (χ1) is 11.2. The first-order valence-electron chi connectivity index (χ1n) is 7.90. The van der Waals surface area contributed by atoms with Crippen LogP contribution in [0.25, 0.3) is 0 Å². The van der Waals surface area contributed by atoms with E-state index in [-0.39, 0.29) is 18.1 Å². The second-order valence-electron chi connectivity index (χ2n) is 5.90. The van der Waals surface area contributed by atoms with Gasteiger partial charge < -0.3 is 20.1 Å². The molecule has 2 N–H and O–H groups in total. The molecule has 0 radical (unpaired) electrons. The number of likely N-dealkylation sites (tertiary alicyclic amines) is 1. The minimum atomic E-state index is -0.245. The Morgan fingerprint density at radius 1 is 1.35 bits per heavy atom. The molecule has 2 unspecified atom stereocenters. The lowest BCUT2D eigenvalue weighted by atomic mass is 10.1. The number of carbonyl (C=O) groups is 1. The molecule has 2 atom stereocenters. The summed E-state index contributed by atoms with van der Waals surface area (Å²) >= 11 is 6.07. The van der Waals surface area contributed by atoms with Crippen molar-refractivity contribution in [2.24, 2.45) is 0 Å². The minimum absolute atomic E-state index is 0.0156. The normalized spacial score (nSPS) is 24.6. The summed E-state index contributed by atoms with van der Waals surface area (Å²) in [7, 11) is 1.56. The third-order valence-electron chi connectivity index (χ3n) is 4.39. The fraction of sp³-hybridized carbons (Fsp3) is 0.562. The molecule has 2 fully saturated rings. The van der Waals surface area contributed by atoms with Crippen molar-refractivity contribution in [1.82, 2.24) is 10.2 Å². The van der Waals surface area contributed by atoms with Crippen LogP contribution in [0.2, 0.25) is 5.02 Å². The highest BCUT2D eigenvalue weighted by molar-refractivity contribution is 6.32. The average Bonchev–Trinajstić information content (AvgIpc) is 3.18. The average molecular weight is 340 g/mol. The predicted molar refractivity (Wildman–Crippen MR) is 89.4 cm³/mol. The van der Waals surface area contributed by atoms with Crippen molar-refractivity contribution in [3.8, 4) is 5.75 Å². The van der Waals surface area contributed by atoms with E-state index in [1.54, 1.807) is 25.3 Å². The second-order valence-corrected chi connectivity index (χ2v) is 6.31. The number of nitrogens with zero attached hydrogens (tertiary/aromatic N) is 1. The number of carbonyl (C=O) groups excluding carboxylic acids is 1. The molecule has 2 aliphatic heterocycles. The Bertz CT molecular complexity index is 564. The number of benzene rings is 1. The Kier molecular flexibility index (Phi) is 5.25. The molecule has 0 aromatic heterocycles. The van der Waals surface area contributed by atoms with Crippen LogP contribution in [0.4, 0.5) is 10.5 Å². The maximum Gasteiger partial charge on any atom is 0.319 e. The van der Waals surface area contributed by atoms with E-state index in [2.05, 4.69) is 15.5 Å². The highest BCUT2D eigenvalue weighted by atomic mass is 35.5. The van der Waals surface area contributed by atoms with Gasteiger partial charge in [-0.2, -0.15) is 0 Å². The second kappa shape index (κ2) is 7.38. The molecule has 3 rings (SSSR count). The molecule has 2 aliphatic rings. The Morgan fingerprint density at radius 2 is 2.13 bits per heavy atom. The van der Waals surface area contributed by atoms with Crippen LogP contribution in [0.15, 0.2) is 18.2 Å². The molecule has 2 saturated heterocycles. The van der Waals surface area contributed by atoms with Gasteiger partial charge in [0.05, 0.1) is 37.4 Å². The van der Waals surface area contributed by atoms with E-state index in [4.69, 9.17) is 21.1 Å². The van der Waals surface area contributed by atoms with Gasteiger partial charge in [0.1, 0.15) is 5.75 Å². The lowest BCUT2D eigenvalue weighted by molar-refractivity contribution is 0.159. The Morgan fingerprint density at radius 3 is 2.83 bits per heavy atom. The molecule has 23 heavy (non-hydrogen) atoms. The van der Waals surface area contributed by atoms with Gasteiger partial charge in [-0.05, 0) is 44.1 Å². The highest BCUT2D eigenvalue weighted by Crippen LogP contribution is 2.27. The van der Waals surface area contributed by atoms with Crippen LogP contribution in [0, 0.1) is 0 Å². The fourth-order valence-electron chi connectivity index (χ4n) is 3.19. The summed E-state index contributed by atoms with van der Waals surface area (Å²) in [5, 5.41) is 6.28. The molecule has 0 saturated carbocycles. The lowest BCUT2D eigenvalue weighted by Gasteiger charge is -2.27. The number of methoxy groups -OCH3 is 1. The largest absolute Gasteiger partial charge is 0.495 e. The standard InChI is InChI=1S/C16H22ClN3O3/c1-22-15-5-4-11(8-12(15)17)18-16(21)19-13-9-23-10-14(13)20-6-2-3-7-20/h4-5,8,13-14H,2-3,6-7,9-10H2,1H3,(H2,18,19,21). The Labute approximate surface area is 141 Å². The molecule has 7 heteroatoms. The molecule has 0 spiro atoms. The molecule has 126 valence electrons. The summed E-state index contributed by atoms with van der Waals surface area (Å²) in [5.41, 5.74) is 0.630. The summed E-state index contributed by atoms with van der Waals surface area (Å²) in [6.07, 6.45) is 2.44. The van der Waals surface area contributed by atoms with Crippen LogP contribution < -0.4 is 15.4 Å². The number of hydrogen-bond acceptors (Lipinski definition) is 4. The van der Waals surface area contributed by atoms with Gasteiger partial charge in [0, 0.05) is 5.69 Å². The zero-order valence-electron chi connectivity index (χ0n) is 13.2. The van der Waals surface area contributed by atoms with Crippen molar-refractivity contribution < 1.29 is 14.3 Å². The minimum Gasteiger partial charge on any atom is -0.495 e. The van der Waals surface area contributed by atoms with Gasteiger partial charge in [0.25, 0.3) is 0 Å². The van der Waals surface area contributed by atoms with E-state index in [1.807, 2.05) is 0 Å². The molecule has 2 heterocycles. The maximum absolute atomic E-state index is 12.2. The van der Waals surface area contributed by atoms with Crippen molar-refractivity contribution in [3.05, 3.63) is 23.2 Å². The number of halogens is 1. The number of hydrogen-bond donors (Lipinski definition) is 2. The fourth-order valence-corrected chi connectivity index (χ4v) is 3.45. The topological polar surface area (TPSA) is 62.8 Å². The van der Waals surface area contributed by atoms with Gasteiger partial charge in [-0.3, -0.25) is 4.90 Å². The maximum atomic E-state index is 12.2. The molecule has 1 aromatic rings. The molecule has 2 amide bonds. The van der Waals surface area contributed by atoms with Crippen LogP contribution >= 0.6 is 11.6 Å².